The number of aryl methyl sites for hydroxylation is 3. The van der Waals surface area contributed by atoms with Crippen molar-refractivity contribution in [2.75, 3.05) is 0 Å². The van der Waals surface area contributed by atoms with E-state index in [2.05, 4.69) is 0 Å². The van der Waals surface area contributed by atoms with Crippen LogP contribution in [0.25, 0.3) is 10.8 Å². The lowest BCUT2D eigenvalue weighted by Crippen LogP contribution is -2.07. The van der Waals surface area contributed by atoms with E-state index in [0.29, 0.717) is 0 Å². The molecule has 0 aliphatic rings. The molecular weight excluding hydrogens is 282 g/mol. The zero-order valence-corrected chi connectivity index (χ0v) is 11.9. The van der Waals surface area contributed by atoms with Crippen molar-refractivity contribution in [3.63, 3.8) is 0 Å². The van der Waals surface area contributed by atoms with Crippen molar-refractivity contribution in [1.29, 1.82) is 5.26 Å². The van der Waals surface area contributed by atoms with Gasteiger partial charge in [0.15, 0.2) is 23.3 Å². The largest absolute Gasteiger partial charge is 0.203 e. The Morgan fingerprint density at radius 2 is 1.29 bits per heavy atom. The molecule has 0 saturated carbocycles. The first-order valence-corrected chi connectivity index (χ1v) is 6.60. The van der Waals surface area contributed by atoms with E-state index in [0.717, 1.165) is 0 Å². The maximum absolute atomic E-state index is 14.1. The predicted molar refractivity (Wildman–Crippen MR) is 72.0 cm³/mol. The van der Waals surface area contributed by atoms with E-state index < -0.39 is 28.8 Å². The van der Waals surface area contributed by atoms with Gasteiger partial charge >= 0.3 is 0 Å². The summed E-state index contributed by atoms with van der Waals surface area (Å²) in [4.78, 5) is 0. The van der Waals surface area contributed by atoms with Crippen LogP contribution >= 0.6 is 0 Å². The summed E-state index contributed by atoms with van der Waals surface area (Å²) in [6.45, 7) is 4.47. The second-order valence-corrected chi connectivity index (χ2v) is 4.78. The highest BCUT2D eigenvalue weighted by Crippen LogP contribution is 2.36. The summed E-state index contributed by atoms with van der Waals surface area (Å²) in [5.41, 5.74) is -0.809. The molecule has 1 nitrogen and oxygen atoms in total. The summed E-state index contributed by atoms with van der Waals surface area (Å²) in [7, 11) is 0. The van der Waals surface area contributed by atoms with Gasteiger partial charge < -0.3 is 0 Å². The first kappa shape index (κ1) is 15.3. The van der Waals surface area contributed by atoms with Crippen LogP contribution in [0.2, 0.25) is 0 Å². The summed E-state index contributed by atoms with van der Waals surface area (Å²) >= 11 is 0. The van der Waals surface area contributed by atoms with Crippen LogP contribution in [0.5, 0.6) is 0 Å². The molecule has 2 aromatic carbocycles. The second-order valence-electron chi connectivity index (χ2n) is 4.78. The van der Waals surface area contributed by atoms with Crippen molar-refractivity contribution >= 4 is 10.8 Å². The Balaban J connectivity index is 3.27. The van der Waals surface area contributed by atoms with E-state index in [1.54, 1.807) is 19.9 Å². The number of nitriles is 1. The van der Waals surface area contributed by atoms with Crippen molar-refractivity contribution < 1.29 is 17.6 Å². The summed E-state index contributed by atoms with van der Waals surface area (Å²) in [6, 6.07) is 1.57. The fraction of sp³-hybridized carbons (Fsp3) is 0.312. The van der Waals surface area contributed by atoms with Gasteiger partial charge in [-0.2, -0.15) is 5.26 Å². The molecule has 0 aliphatic carbocycles. The summed E-state index contributed by atoms with van der Waals surface area (Å²) in [6.07, 6.45) is 0.183. The Labute approximate surface area is 119 Å². The molecule has 0 radical (unpaired) electrons. The predicted octanol–water partition coefficient (Wildman–Crippen LogP) is 4.70. The molecule has 21 heavy (non-hydrogen) atoms. The molecule has 0 amide bonds. The molecular formula is C16H13F4N. The quantitative estimate of drug-likeness (QED) is 0.737. The average Bonchev–Trinajstić information content (AvgIpc) is 2.48. The maximum Gasteiger partial charge on any atom is 0.177 e. The number of benzene rings is 2. The van der Waals surface area contributed by atoms with Gasteiger partial charge in [0.1, 0.15) is 6.07 Å². The average molecular weight is 295 g/mol. The molecule has 0 aliphatic heterocycles. The fourth-order valence-electron chi connectivity index (χ4n) is 2.74. The van der Waals surface area contributed by atoms with E-state index in [1.807, 2.05) is 0 Å². The monoisotopic (exact) mass is 295 g/mol. The van der Waals surface area contributed by atoms with E-state index >= 15 is 0 Å². The van der Waals surface area contributed by atoms with Gasteiger partial charge in [0.05, 0.1) is 5.56 Å². The minimum absolute atomic E-state index is 0.0212. The van der Waals surface area contributed by atoms with Gasteiger partial charge in [-0.25, -0.2) is 17.6 Å². The number of fused-ring (bicyclic) bond motifs is 1. The van der Waals surface area contributed by atoms with Gasteiger partial charge in [-0.15, -0.1) is 0 Å². The smallest absolute Gasteiger partial charge is 0.177 e. The van der Waals surface area contributed by atoms with Crippen molar-refractivity contribution in [3.05, 3.63) is 45.5 Å². The van der Waals surface area contributed by atoms with Gasteiger partial charge in [-0.05, 0) is 41.8 Å². The van der Waals surface area contributed by atoms with Crippen molar-refractivity contribution in [2.45, 2.75) is 33.6 Å². The minimum atomic E-state index is -1.30. The van der Waals surface area contributed by atoms with Crippen LogP contribution in [0, 0.1) is 41.5 Å². The molecule has 5 heteroatoms. The number of nitrogens with zero attached hydrogens (tertiary/aromatic N) is 1. The molecule has 0 aromatic heterocycles. The van der Waals surface area contributed by atoms with Crippen LogP contribution in [0.1, 0.15) is 36.1 Å². The van der Waals surface area contributed by atoms with Crippen molar-refractivity contribution in [2.24, 2.45) is 0 Å². The molecule has 0 bridgehead atoms. The molecule has 0 N–H and O–H groups in total. The molecule has 0 heterocycles. The number of halogens is 4. The van der Waals surface area contributed by atoms with Crippen LogP contribution in [0.4, 0.5) is 17.6 Å². The topological polar surface area (TPSA) is 23.8 Å². The minimum Gasteiger partial charge on any atom is -0.203 e. The van der Waals surface area contributed by atoms with Gasteiger partial charge in [0.25, 0.3) is 0 Å². The third-order valence-corrected chi connectivity index (χ3v) is 3.76. The lowest BCUT2D eigenvalue weighted by atomic mass is 9.89. The highest BCUT2D eigenvalue weighted by Gasteiger charge is 2.26. The molecule has 2 aromatic rings. The van der Waals surface area contributed by atoms with Crippen LogP contribution < -0.4 is 0 Å². The first-order chi connectivity index (χ1) is 9.90. The lowest BCUT2D eigenvalue weighted by molar-refractivity contribution is 0.491. The van der Waals surface area contributed by atoms with E-state index in [1.165, 1.54) is 6.92 Å². The Morgan fingerprint density at radius 3 is 1.76 bits per heavy atom. The lowest BCUT2D eigenvalue weighted by Gasteiger charge is -2.17. The zero-order chi connectivity index (χ0) is 15.9. The highest BCUT2D eigenvalue weighted by atomic mass is 19.2. The summed E-state index contributed by atoms with van der Waals surface area (Å²) < 4.78 is 56.2. The van der Waals surface area contributed by atoms with E-state index in [4.69, 9.17) is 5.26 Å². The normalized spacial score (nSPS) is 11.0. The zero-order valence-electron chi connectivity index (χ0n) is 11.9. The first-order valence-electron chi connectivity index (χ1n) is 6.60. The molecule has 110 valence electrons. The summed E-state index contributed by atoms with van der Waals surface area (Å²) in [5, 5.41) is 9.18. The Morgan fingerprint density at radius 1 is 0.810 bits per heavy atom. The molecule has 0 fully saturated rings. The number of hydrogen-bond acceptors (Lipinski definition) is 1. The second kappa shape index (κ2) is 5.36. The van der Waals surface area contributed by atoms with Gasteiger partial charge in [-0.1, -0.05) is 13.8 Å². The molecule has 2 rings (SSSR count). The number of hydrogen-bond donors (Lipinski definition) is 0. The van der Waals surface area contributed by atoms with Gasteiger partial charge in [0.2, 0.25) is 0 Å². The highest BCUT2D eigenvalue weighted by molar-refractivity contribution is 5.96. The molecule has 0 spiro atoms. The summed E-state index contributed by atoms with van der Waals surface area (Å²) in [5.74, 6) is -4.66. The Bertz CT molecular complexity index is 788. The Hall–Kier alpha value is -2.09. The fourth-order valence-corrected chi connectivity index (χ4v) is 2.74. The van der Waals surface area contributed by atoms with Crippen molar-refractivity contribution in [1.82, 2.24) is 0 Å². The standard InChI is InChI=1S/C16H13F4N/c1-4-8-11-7(3)13(17)14(18)9(5-2)12(11)10(6-21)16(20)15(8)19/h4-5H2,1-3H3. The molecule has 0 atom stereocenters. The van der Waals surface area contributed by atoms with Crippen LogP contribution in [0.15, 0.2) is 0 Å². The van der Waals surface area contributed by atoms with Crippen LogP contribution in [0.3, 0.4) is 0 Å². The van der Waals surface area contributed by atoms with E-state index in [-0.39, 0.29) is 40.3 Å². The number of rotatable bonds is 2. The SMILES string of the molecule is CCc1c(F)c(F)c(C#N)c2c(CC)c(F)c(F)c(C)c12. The molecule has 0 unspecified atom stereocenters. The van der Waals surface area contributed by atoms with Gasteiger partial charge in [-0.3, -0.25) is 0 Å². The Kier molecular flexibility index (Phi) is 3.91. The van der Waals surface area contributed by atoms with Crippen LogP contribution in [-0.2, 0) is 12.8 Å². The van der Waals surface area contributed by atoms with E-state index in [9.17, 15) is 17.6 Å². The third kappa shape index (κ3) is 1.98. The maximum atomic E-state index is 14.1. The third-order valence-electron chi connectivity index (χ3n) is 3.76. The van der Waals surface area contributed by atoms with Crippen molar-refractivity contribution in [3.8, 4) is 6.07 Å². The van der Waals surface area contributed by atoms with Crippen LogP contribution in [-0.4, -0.2) is 0 Å². The molecule has 0 saturated heterocycles. The van der Waals surface area contributed by atoms with Gasteiger partial charge in [0, 0.05) is 5.39 Å².